The molecule has 0 fully saturated rings. The van der Waals surface area contributed by atoms with Gasteiger partial charge in [-0.05, 0) is 0 Å². The fourth-order valence-electron chi connectivity index (χ4n) is 21.5. The standard InChI is InChI=1S/3C36H24N3.C6H5.Bi.Sb.Sn/c3*1-4-13-28(14-5-1)37-31-19-10-21-33(25-31)38(29-15-6-2-7-16-29)35-23-12-24-36(27-35)39(30-17-8-3-9-18-30)34-22-11-20-32(37)26-34;1-2-4-6-5-3-1;;;/h3*1-24H;1-5H;;;. The van der Waals surface area contributed by atoms with Crippen LogP contribution >= 0.6 is 0 Å². The van der Waals surface area contributed by atoms with Gasteiger partial charge >= 0.3 is 760 Å². The van der Waals surface area contributed by atoms with Crippen molar-refractivity contribution in [3.63, 3.8) is 0 Å². The van der Waals surface area contributed by atoms with Gasteiger partial charge in [0.05, 0.1) is 0 Å². The van der Waals surface area contributed by atoms with Gasteiger partial charge < -0.3 is 0 Å². The van der Waals surface area contributed by atoms with Gasteiger partial charge in [-0.25, -0.2) is 0 Å². The summed E-state index contributed by atoms with van der Waals surface area (Å²) in [5, 5.41) is 0. The van der Waals surface area contributed by atoms with Crippen LogP contribution in [0.3, 0.4) is 0 Å². The number of para-hydroxylation sites is 9. The summed E-state index contributed by atoms with van der Waals surface area (Å²) in [6, 6.07) is 172. The molecule has 0 aliphatic carbocycles. The first-order chi connectivity index (χ1) is 62.7. The Bertz CT molecular complexity index is 6370. The van der Waals surface area contributed by atoms with Crippen molar-refractivity contribution in [3.8, 4) is 0 Å². The molecule has 19 aromatic carbocycles. The molecule has 592 valence electrons. The zero-order valence-electron chi connectivity index (χ0n) is 68.4. The topological polar surface area (TPSA) is 29.2 Å². The van der Waals surface area contributed by atoms with E-state index in [2.05, 4.69) is 511 Å². The third-order valence-corrected chi connectivity index (χ3v) is 58.7. The van der Waals surface area contributed by atoms with Crippen LogP contribution in [0.5, 0.6) is 0 Å². The number of benzene rings is 19. The van der Waals surface area contributed by atoms with Gasteiger partial charge in [-0.15, -0.1) is 0 Å². The fourth-order valence-corrected chi connectivity index (χ4v) is 58.9. The Hall–Kier alpha value is -14.1. The van der Waals surface area contributed by atoms with E-state index >= 15 is 0 Å². The third kappa shape index (κ3) is 10.8. The molecule has 0 aromatic heterocycles. The van der Waals surface area contributed by atoms with Crippen LogP contribution in [-0.2, 0) is 0 Å². The van der Waals surface area contributed by atoms with E-state index in [1.54, 1.807) is 20.3 Å². The van der Waals surface area contributed by atoms with Gasteiger partial charge in [0.15, 0.2) is 0 Å². The Kier molecular flexibility index (Phi) is 17.2. The van der Waals surface area contributed by atoms with Gasteiger partial charge in [0.2, 0.25) is 0 Å². The maximum atomic E-state index is 2.53. The maximum absolute atomic E-state index is 4.07. The van der Waals surface area contributed by atoms with Crippen molar-refractivity contribution in [2.45, 2.75) is 0 Å². The van der Waals surface area contributed by atoms with Crippen molar-refractivity contribution < 1.29 is 0 Å². The van der Waals surface area contributed by atoms with Crippen molar-refractivity contribution in [1.29, 1.82) is 0 Å². The molecule has 9 heterocycles. The summed E-state index contributed by atoms with van der Waals surface area (Å²) in [6.07, 6.45) is 0. The summed E-state index contributed by atoms with van der Waals surface area (Å²) in [5.74, 6) is 0. The molecule has 28 rings (SSSR count). The number of anilines is 27. The van der Waals surface area contributed by atoms with E-state index < -0.39 is 60.3 Å². The van der Waals surface area contributed by atoms with Gasteiger partial charge in [-0.2, -0.15) is 0 Å². The van der Waals surface area contributed by atoms with E-state index in [0.29, 0.717) is 0 Å². The molecule has 12 heteroatoms. The molecule has 0 unspecified atom stereocenters. The predicted octanol–water partition coefficient (Wildman–Crippen LogP) is 23.5. The van der Waals surface area contributed by atoms with E-state index in [4.69, 9.17) is 0 Å². The van der Waals surface area contributed by atoms with Crippen LogP contribution < -0.4 is 78.8 Å². The molecule has 0 amide bonds. The minimum atomic E-state index is -4.07. The molecule has 9 aliphatic heterocycles. The molecule has 0 saturated carbocycles. The van der Waals surface area contributed by atoms with Crippen LogP contribution in [0.15, 0.2) is 467 Å². The van der Waals surface area contributed by atoms with Gasteiger partial charge in [-0.1, -0.05) is 0 Å². The molecule has 0 spiro atoms. The van der Waals surface area contributed by atoms with E-state index in [9.17, 15) is 0 Å². The number of nitrogens with zero attached hydrogens (tertiary/aromatic N) is 9. The van der Waals surface area contributed by atoms with E-state index in [1.807, 2.05) is 0 Å². The summed E-state index contributed by atoms with van der Waals surface area (Å²) in [4.78, 5) is 22.6. The molecule has 126 heavy (non-hydrogen) atoms. The van der Waals surface area contributed by atoms with Gasteiger partial charge in [-0.3, -0.25) is 0 Å². The predicted molar refractivity (Wildman–Crippen MR) is 532 cm³/mol. The van der Waals surface area contributed by atoms with E-state index in [0.717, 1.165) is 0 Å². The quantitative estimate of drug-likeness (QED) is 0.124. The fraction of sp³-hybridized carbons (Fsp3) is 0. The Balaban J connectivity index is 0.000000101. The first-order valence-electron chi connectivity index (χ1n) is 43.2. The zero-order chi connectivity index (χ0) is 82.7. The molecule has 9 aliphatic rings. The van der Waals surface area contributed by atoms with Crippen LogP contribution in [0.2, 0.25) is 0 Å². The van der Waals surface area contributed by atoms with Crippen molar-refractivity contribution in [3.05, 3.63) is 467 Å². The normalized spacial score (nSPS) is 14.4. The zero-order valence-corrected chi connectivity index (χ0v) is 77.3. The number of rotatable bonds is 10. The molecule has 0 N–H and O–H groups in total. The average Bonchev–Trinajstić information content (AvgIpc) is 0.652. The molecule has 19 aromatic rings. The van der Waals surface area contributed by atoms with E-state index in [1.165, 1.54) is 168 Å². The SMILES string of the molecule is c1ccc(N2c3cccc4[c]3[Bi]3[c]5c2cccc5N(c2ccccc2)c2cccc([c]23)N4c2ccccc2)cc1.c1ccc(N2c3cccc4[c]3[Sb]3[c]5c2cccc5N(c2ccccc2)c2cccc([c]23)N4c2ccccc2)cc1.c1ccc(N2c3cccc4[c]3[Sn]3([c]5ccccc5)[c]5c2cccc5N(c2ccccc2)c2cccc([c]23)N4c2ccccc2)cc1. The minimum absolute atomic E-state index is 1.18. The van der Waals surface area contributed by atoms with Gasteiger partial charge in [0.25, 0.3) is 0 Å². The van der Waals surface area contributed by atoms with Crippen LogP contribution in [0, 0.1) is 0 Å². The number of hydrogen-bond donors (Lipinski definition) is 0. The van der Waals surface area contributed by atoms with Gasteiger partial charge in [0.1, 0.15) is 0 Å². The Morgan fingerprint density at radius 2 is 0.286 bits per heavy atom. The van der Waals surface area contributed by atoms with Crippen molar-refractivity contribution in [1.82, 2.24) is 0 Å². The number of hydrogen-bond acceptors (Lipinski definition) is 9. The Morgan fingerprint density at radius 1 is 0.143 bits per heavy atom. The third-order valence-electron chi connectivity index (χ3n) is 26.2. The summed E-state index contributed by atoms with van der Waals surface area (Å²) in [7, 11) is 0. The molecular weight excluding hydrogens is 1940 g/mol. The molecule has 0 saturated heterocycles. The van der Waals surface area contributed by atoms with Crippen LogP contribution in [0.25, 0.3) is 0 Å². The monoisotopic (exact) mass is 2020 g/mol. The molecule has 9 nitrogen and oxygen atoms in total. The average molecular weight is 2020 g/mol. The van der Waals surface area contributed by atoms with Gasteiger partial charge in [0, 0.05) is 0 Å². The molecular formula is C114H77BiN9SbSn. The summed E-state index contributed by atoms with van der Waals surface area (Å²) >= 11 is -9.29. The van der Waals surface area contributed by atoms with Crippen molar-refractivity contribution in [2.75, 3.05) is 44.1 Å². The Morgan fingerprint density at radius 3 is 0.468 bits per heavy atom. The summed E-state index contributed by atoms with van der Waals surface area (Å²) < 4.78 is 15.4. The Labute approximate surface area is 752 Å². The summed E-state index contributed by atoms with van der Waals surface area (Å²) in [5.41, 5.74) is 34.5. The second-order valence-corrected chi connectivity index (χ2v) is 56.5. The van der Waals surface area contributed by atoms with Crippen molar-refractivity contribution in [2.24, 2.45) is 0 Å². The summed E-state index contributed by atoms with van der Waals surface area (Å²) in [6.45, 7) is 0. The van der Waals surface area contributed by atoms with Crippen LogP contribution in [-0.4, -0.2) is 60.3 Å². The van der Waals surface area contributed by atoms with Crippen LogP contribution in [0.4, 0.5) is 154 Å². The first-order valence-corrected chi connectivity index (χ1v) is 57.9. The van der Waals surface area contributed by atoms with E-state index in [-0.39, 0.29) is 0 Å². The second-order valence-electron chi connectivity index (χ2n) is 32.7. The second kappa shape index (κ2) is 29.5. The first kappa shape index (κ1) is 73.4. The molecule has 0 bridgehead atoms. The van der Waals surface area contributed by atoms with Crippen molar-refractivity contribution >= 4 is 249 Å². The van der Waals surface area contributed by atoms with Crippen LogP contribution in [0.1, 0.15) is 0 Å². The molecule has 0 radical (unpaired) electrons. The molecule has 0 atom stereocenters.